The van der Waals surface area contributed by atoms with Gasteiger partial charge >= 0.3 is 0 Å². The van der Waals surface area contributed by atoms with E-state index in [2.05, 4.69) is 0 Å². The smallest absolute Gasteiger partial charge is 0.243 e. The Morgan fingerprint density at radius 1 is 1.20 bits per heavy atom. The Bertz CT molecular complexity index is 553. The maximum atomic E-state index is 12.6. The number of nitrogens with zero attached hydrogens (tertiary/aromatic N) is 1. The molecule has 0 amide bonds. The summed E-state index contributed by atoms with van der Waals surface area (Å²) in [7, 11) is -3.54. The highest BCUT2D eigenvalue weighted by molar-refractivity contribution is 7.89. The van der Waals surface area contributed by atoms with E-state index >= 15 is 0 Å². The second kappa shape index (κ2) is 6.43. The van der Waals surface area contributed by atoms with E-state index in [1.807, 2.05) is 6.92 Å². The van der Waals surface area contributed by atoms with Gasteiger partial charge < -0.3 is 15.2 Å². The van der Waals surface area contributed by atoms with E-state index in [-0.39, 0.29) is 4.90 Å². The summed E-state index contributed by atoms with van der Waals surface area (Å²) in [6.07, 6.45) is 0.740. The predicted octanol–water partition coefficient (Wildman–Crippen LogP) is 0.817. The van der Waals surface area contributed by atoms with Gasteiger partial charge in [-0.3, -0.25) is 0 Å². The zero-order valence-electron chi connectivity index (χ0n) is 11.5. The molecule has 0 radical (unpaired) electrons. The van der Waals surface area contributed by atoms with Crippen LogP contribution >= 0.6 is 0 Å². The minimum Gasteiger partial charge on any atom is -0.486 e. The molecule has 6 nitrogen and oxygen atoms in total. The molecule has 0 atom stereocenters. The van der Waals surface area contributed by atoms with E-state index in [4.69, 9.17) is 15.2 Å². The third kappa shape index (κ3) is 3.05. The Kier molecular flexibility index (Phi) is 4.85. The molecule has 112 valence electrons. The fraction of sp³-hybridized carbons (Fsp3) is 0.538. The van der Waals surface area contributed by atoms with E-state index in [0.29, 0.717) is 44.3 Å². The van der Waals surface area contributed by atoms with Crippen molar-refractivity contribution in [1.29, 1.82) is 0 Å². The summed E-state index contributed by atoms with van der Waals surface area (Å²) in [5, 5.41) is 0. The van der Waals surface area contributed by atoms with Crippen molar-refractivity contribution < 1.29 is 17.9 Å². The molecule has 7 heteroatoms. The monoisotopic (exact) mass is 300 g/mol. The van der Waals surface area contributed by atoms with Gasteiger partial charge in [0, 0.05) is 25.7 Å². The van der Waals surface area contributed by atoms with Gasteiger partial charge in [-0.2, -0.15) is 4.31 Å². The minimum atomic E-state index is -3.54. The normalized spacial score (nSPS) is 14.6. The van der Waals surface area contributed by atoms with Crippen molar-refractivity contribution in [3.63, 3.8) is 0 Å². The Morgan fingerprint density at radius 2 is 1.90 bits per heavy atom. The number of rotatable bonds is 6. The Labute approximate surface area is 119 Å². The molecule has 0 aliphatic carbocycles. The molecule has 2 N–H and O–H groups in total. The van der Waals surface area contributed by atoms with Crippen molar-refractivity contribution in [2.45, 2.75) is 18.2 Å². The fourth-order valence-corrected chi connectivity index (χ4v) is 3.64. The molecular weight excluding hydrogens is 280 g/mol. The van der Waals surface area contributed by atoms with E-state index in [0.717, 1.165) is 6.42 Å². The lowest BCUT2D eigenvalue weighted by Gasteiger charge is -2.23. The Morgan fingerprint density at radius 3 is 2.55 bits per heavy atom. The van der Waals surface area contributed by atoms with Gasteiger partial charge in [-0.05, 0) is 18.6 Å². The van der Waals surface area contributed by atoms with Gasteiger partial charge in [-0.15, -0.1) is 0 Å². The fourth-order valence-electron chi connectivity index (χ4n) is 2.08. The average molecular weight is 300 g/mol. The SMILES string of the molecule is CCCN(CCN)S(=O)(=O)c1ccc2c(c1)OCCO2. The standard InChI is InChI=1S/C13H20N2O4S/c1-2-6-15(7-5-14)20(16,17)11-3-4-12-13(10-11)19-9-8-18-12/h3-4,10H,2,5-9,14H2,1H3. The zero-order chi connectivity index (χ0) is 14.6. The summed E-state index contributed by atoms with van der Waals surface area (Å²) in [5.41, 5.74) is 5.49. The summed E-state index contributed by atoms with van der Waals surface area (Å²) >= 11 is 0. The first-order valence-electron chi connectivity index (χ1n) is 6.69. The maximum absolute atomic E-state index is 12.6. The Hall–Kier alpha value is -1.31. The van der Waals surface area contributed by atoms with Crippen molar-refractivity contribution in [2.75, 3.05) is 32.8 Å². The van der Waals surface area contributed by atoms with E-state index < -0.39 is 10.0 Å². The molecule has 1 aromatic rings. The van der Waals surface area contributed by atoms with Crippen molar-refractivity contribution in [2.24, 2.45) is 5.73 Å². The number of fused-ring (bicyclic) bond motifs is 1. The molecule has 0 unspecified atom stereocenters. The van der Waals surface area contributed by atoms with Crippen LogP contribution in [0.1, 0.15) is 13.3 Å². The van der Waals surface area contributed by atoms with Crippen LogP contribution in [0.3, 0.4) is 0 Å². The van der Waals surface area contributed by atoms with Gasteiger partial charge in [-0.25, -0.2) is 8.42 Å². The zero-order valence-corrected chi connectivity index (χ0v) is 12.4. The van der Waals surface area contributed by atoms with Crippen molar-refractivity contribution >= 4 is 10.0 Å². The van der Waals surface area contributed by atoms with Crippen LogP contribution < -0.4 is 15.2 Å². The lowest BCUT2D eigenvalue weighted by molar-refractivity contribution is 0.171. The first-order valence-corrected chi connectivity index (χ1v) is 8.13. The van der Waals surface area contributed by atoms with E-state index in [9.17, 15) is 8.42 Å². The molecule has 1 aliphatic rings. The summed E-state index contributed by atoms with van der Waals surface area (Å²) in [6.45, 7) is 3.90. The van der Waals surface area contributed by atoms with Gasteiger partial charge in [0.2, 0.25) is 10.0 Å². The average Bonchev–Trinajstić information content (AvgIpc) is 2.46. The molecule has 0 bridgehead atoms. The highest BCUT2D eigenvalue weighted by Crippen LogP contribution is 2.33. The van der Waals surface area contributed by atoms with Crippen LogP contribution in [0.5, 0.6) is 11.5 Å². The number of hydrogen-bond acceptors (Lipinski definition) is 5. The van der Waals surface area contributed by atoms with E-state index in [1.54, 1.807) is 12.1 Å². The van der Waals surface area contributed by atoms with Crippen molar-refractivity contribution in [3.05, 3.63) is 18.2 Å². The van der Waals surface area contributed by atoms with Crippen LogP contribution in [-0.2, 0) is 10.0 Å². The lowest BCUT2D eigenvalue weighted by Crippen LogP contribution is -2.36. The molecule has 0 saturated carbocycles. The number of hydrogen-bond donors (Lipinski definition) is 1. The lowest BCUT2D eigenvalue weighted by atomic mass is 10.3. The summed E-state index contributed by atoms with van der Waals surface area (Å²) < 4.78 is 37.4. The van der Waals surface area contributed by atoms with Gasteiger partial charge in [0.05, 0.1) is 4.90 Å². The molecule has 0 spiro atoms. The van der Waals surface area contributed by atoms with Crippen LogP contribution in [-0.4, -0.2) is 45.6 Å². The van der Waals surface area contributed by atoms with Gasteiger partial charge in [-0.1, -0.05) is 6.92 Å². The van der Waals surface area contributed by atoms with Crippen LogP contribution in [0.2, 0.25) is 0 Å². The van der Waals surface area contributed by atoms with Gasteiger partial charge in [0.1, 0.15) is 13.2 Å². The van der Waals surface area contributed by atoms with E-state index in [1.165, 1.54) is 10.4 Å². The molecule has 0 saturated heterocycles. The number of ether oxygens (including phenoxy) is 2. The third-order valence-electron chi connectivity index (χ3n) is 3.00. The highest BCUT2D eigenvalue weighted by atomic mass is 32.2. The molecule has 1 aliphatic heterocycles. The minimum absolute atomic E-state index is 0.212. The number of sulfonamides is 1. The summed E-state index contributed by atoms with van der Waals surface area (Å²) in [5.74, 6) is 1.05. The molecule has 0 fully saturated rings. The van der Waals surface area contributed by atoms with Crippen LogP contribution in [0.25, 0.3) is 0 Å². The summed E-state index contributed by atoms with van der Waals surface area (Å²) in [4.78, 5) is 0.212. The second-order valence-corrected chi connectivity index (χ2v) is 6.44. The molecule has 20 heavy (non-hydrogen) atoms. The van der Waals surface area contributed by atoms with Crippen LogP contribution in [0, 0.1) is 0 Å². The van der Waals surface area contributed by atoms with Crippen LogP contribution in [0.4, 0.5) is 0 Å². The third-order valence-corrected chi connectivity index (χ3v) is 4.90. The van der Waals surface area contributed by atoms with Gasteiger partial charge in [0.15, 0.2) is 11.5 Å². The maximum Gasteiger partial charge on any atom is 0.243 e. The highest BCUT2D eigenvalue weighted by Gasteiger charge is 2.25. The molecule has 2 rings (SSSR count). The van der Waals surface area contributed by atoms with Crippen molar-refractivity contribution in [1.82, 2.24) is 4.31 Å². The summed E-state index contributed by atoms with van der Waals surface area (Å²) in [6, 6.07) is 4.69. The first-order chi connectivity index (χ1) is 9.59. The first kappa shape index (κ1) is 15.1. The molecule has 0 aromatic heterocycles. The molecule has 1 aromatic carbocycles. The number of benzene rings is 1. The molecule has 1 heterocycles. The predicted molar refractivity (Wildman–Crippen MR) is 75.5 cm³/mol. The number of nitrogens with two attached hydrogens (primary N) is 1. The topological polar surface area (TPSA) is 81.9 Å². The van der Waals surface area contributed by atoms with Gasteiger partial charge in [0.25, 0.3) is 0 Å². The largest absolute Gasteiger partial charge is 0.486 e. The van der Waals surface area contributed by atoms with Crippen LogP contribution in [0.15, 0.2) is 23.1 Å². The quantitative estimate of drug-likeness (QED) is 0.841. The molecular formula is C13H20N2O4S. The van der Waals surface area contributed by atoms with Crippen molar-refractivity contribution in [3.8, 4) is 11.5 Å². The Balaban J connectivity index is 2.32. The second-order valence-electron chi connectivity index (χ2n) is 4.50.